The zero-order chi connectivity index (χ0) is 40.6. The van der Waals surface area contributed by atoms with Crippen LogP contribution in [0.15, 0.2) is 60.8 Å². The highest BCUT2D eigenvalue weighted by Crippen LogP contribution is 2.24. The van der Waals surface area contributed by atoms with Crippen molar-refractivity contribution in [3.63, 3.8) is 0 Å². The molecule has 4 N–H and O–H groups in total. The van der Waals surface area contributed by atoms with Gasteiger partial charge in [0, 0.05) is 12.8 Å². The van der Waals surface area contributed by atoms with Gasteiger partial charge in [-0.3, -0.25) is 14.1 Å². The van der Waals surface area contributed by atoms with Crippen LogP contribution in [0.25, 0.3) is 0 Å². The summed E-state index contributed by atoms with van der Waals surface area (Å²) in [5.74, 6) is -2.04. The van der Waals surface area contributed by atoms with Gasteiger partial charge in [-0.25, -0.2) is 0 Å². The monoisotopic (exact) mass is 798 g/mol. The number of ether oxygens (including phenoxy) is 4. The fourth-order valence-corrected chi connectivity index (χ4v) is 6.43. The molecule has 0 amide bonds. The number of allylic oxidation sites excluding steroid dienone is 10. The van der Waals surface area contributed by atoms with Crippen molar-refractivity contribution in [3.8, 4) is 0 Å². The maximum absolute atomic E-state index is 12.7. The van der Waals surface area contributed by atoms with E-state index < -0.39 is 71.2 Å². The SMILES string of the molecule is CC/C=C/C=C/C=C/C=C/CCCCCCCC(=O)OC[C@H](CO[C@H]1O[C@H](CS(=O)(=O)O)[C@@H](O)C(O)C1O)OC(=O)CCCCCCC/C=C/CCCCC. The van der Waals surface area contributed by atoms with Gasteiger partial charge >= 0.3 is 11.9 Å². The molecular weight excluding hydrogens is 729 g/mol. The van der Waals surface area contributed by atoms with E-state index in [1.165, 1.54) is 19.3 Å². The second-order valence-corrected chi connectivity index (χ2v) is 15.5. The molecule has 0 saturated carbocycles. The molecule has 1 heterocycles. The lowest BCUT2D eigenvalue weighted by Crippen LogP contribution is -2.60. The fourth-order valence-electron chi connectivity index (χ4n) is 5.74. The van der Waals surface area contributed by atoms with Crippen LogP contribution in [-0.2, 0) is 38.7 Å². The van der Waals surface area contributed by atoms with E-state index >= 15 is 0 Å². The van der Waals surface area contributed by atoms with Crippen molar-refractivity contribution in [1.29, 1.82) is 0 Å². The predicted octanol–water partition coefficient (Wildman–Crippen LogP) is 7.39. The van der Waals surface area contributed by atoms with Gasteiger partial charge in [-0.05, 0) is 57.8 Å². The van der Waals surface area contributed by atoms with Crippen LogP contribution in [0.5, 0.6) is 0 Å². The van der Waals surface area contributed by atoms with Crippen molar-refractivity contribution in [2.75, 3.05) is 19.0 Å². The van der Waals surface area contributed by atoms with Gasteiger partial charge in [0.15, 0.2) is 12.4 Å². The zero-order valence-corrected chi connectivity index (χ0v) is 34.1. The van der Waals surface area contributed by atoms with Gasteiger partial charge in [-0.2, -0.15) is 8.42 Å². The maximum Gasteiger partial charge on any atom is 0.306 e. The van der Waals surface area contributed by atoms with Gasteiger partial charge < -0.3 is 34.3 Å². The van der Waals surface area contributed by atoms with E-state index in [0.29, 0.717) is 12.8 Å². The van der Waals surface area contributed by atoms with Crippen LogP contribution in [0, 0.1) is 0 Å². The molecule has 0 aromatic heterocycles. The van der Waals surface area contributed by atoms with E-state index in [-0.39, 0.29) is 19.4 Å². The molecule has 1 rings (SSSR count). The molecule has 0 spiro atoms. The third-order valence-corrected chi connectivity index (χ3v) is 9.68. The lowest BCUT2D eigenvalue weighted by molar-refractivity contribution is -0.297. The van der Waals surface area contributed by atoms with Crippen molar-refractivity contribution in [1.82, 2.24) is 0 Å². The first-order valence-corrected chi connectivity index (χ1v) is 22.0. The Kier molecular flexibility index (Phi) is 29.7. The smallest absolute Gasteiger partial charge is 0.306 e. The number of hydrogen-bond donors (Lipinski definition) is 4. The number of unbranched alkanes of at least 4 members (excludes halogenated alkanes) is 13. The van der Waals surface area contributed by atoms with Crippen molar-refractivity contribution in [2.45, 2.75) is 173 Å². The second kappa shape index (κ2) is 32.4. The van der Waals surface area contributed by atoms with Crippen molar-refractivity contribution in [2.24, 2.45) is 0 Å². The molecule has 55 heavy (non-hydrogen) atoms. The molecule has 1 saturated heterocycles. The number of carbonyl (C=O) groups is 2. The lowest BCUT2D eigenvalue weighted by Gasteiger charge is -2.40. The van der Waals surface area contributed by atoms with Crippen LogP contribution < -0.4 is 0 Å². The Morgan fingerprint density at radius 1 is 0.636 bits per heavy atom. The molecule has 13 heteroatoms. The average molecular weight is 799 g/mol. The number of carbonyl (C=O) groups excluding carboxylic acids is 2. The minimum absolute atomic E-state index is 0.145. The van der Waals surface area contributed by atoms with Crippen LogP contribution in [0.2, 0.25) is 0 Å². The van der Waals surface area contributed by atoms with Crippen molar-refractivity contribution < 1.29 is 56.8 Å². The number of rotatable bonds is 32. The van der Waals surface area contributed by atoms with Crippen molar-refractivity contribution in [3.05, 3.63) is 60.8 Å². The minimum atomic E-state index is -4.60. The molecule has 0 radical (unpaired) electrons. The molecule has 1 aliphatic heterocycles. The average Bonchev–Trinajstić information content (AvgIpc) is 3.14. The van der Waals surface area contributed by atoms with Crippen LogP contribution in [0.3, 0.4) is 0 Å². The van der Waals surface area contributed by atoms with E-state index in [2.05, 4.69) is 38.2 Å². The molecular formula is C42H70O12S. The Morgan fingerprint density at radius 3 is 1.76 bits per heavy atom. The largest absolute Gasteiger partial charge is 0.462 e. The summed E-state index contributed by atoms with van der Waals surface area (Å²) in [6, 6.07) is 0. The standard InChI is InChI=1S/C42H70O12S/c1-3-5-7-9-11-13-15-17-18-19-21-22-24-26-28-30-37(43)51-32-35(33-52-42-41(47)40(46)39(45)36(54-42)34-55(48,49)50)53-38(44)31-29-27-25-23-20-16-14-12-10-8-6-4-2/h5,7,9,11-15,17-18,35-36,39-42,45-47H,3-4,6,8,10,16,19-34H2,1-2H3,(H,48,49,50)/b7-5+,11-9+,14-12+,15-13+,18-17+/t35-,36-,39-,40?,41?,42+/m1/s1. The van der Waals surface area contributed by atoms with Gasteiger partial charge in [0.05, 0.1) is 6.61 Å². The molecule has 316 valence electrons. The summed E-state index contributed by atoms with van der Waals surface area (Å²) in [7, 11) is -4.60. The summed E-state index contributed by atoms with van der Waals surface area (Å²) in [6.07, 6.45) is 28.4. The lowest BCUT2D eigenvalue weighted by atomic mass is 10.00. The third-order valence-electron chi connectivity index (χ3n) is 8.93. The predicted molar refractivity (Wildman–Crippen MR) is 215 cm³/mol. The molecule has 6 atom stereocenters. The van der Waals surface area contributed by atoms with Crippen LogP contribution in [-0.4, -0.2) is 96.0 Å². The molecule has 12 nitrogen and oxygen atoms in total. The molecule has 2 unspecified atom stereocenters. The first-order chi connectivity index (χ1) is 26.5. The van der Waals surface area contributed by atoms with Crippen LogP contribution >= 0.6 is 0 Å². The number of hydrogen-bond acceptors (Lipinski definition) is 11. The summed E-state index contributed by atoms with van der Waals surface area (Å²) in [5, 5.41) is 30.8. The first-order valence-electron chi connectivity index (χ1n) is 20.4. The molecule has 0 aliphatic carbocycles. The quantitative estimate of drug-likeness (QED) is 0.0174. The molecule has 0 aromatic carbocycles. The van der Waals surface area contributed by atoms with E-state index in [0.717, 1.165) is 77.0 Å². The highest BCUT2D eigenvalue weighted by atomic mass is 32.2. The van der Waals surface area contributed by atoms with Crippen LogP contribution in [0.4, 0.5) is 0 Å². The van der Waals surface area contributed by atoms with Gasteiger partial charge in [0.1, 0.15) is 36.8 Å². The summed E-state index contributed by atoms with van der Waals surface area (Å²) in [6.45, 7) is 3.54. The van der Waals surface area contributed by atoms with Crippen LogP contribution in [0.1, 0.15) is 136 Å². The Bertz CT molecular complexity index is 1260. The highest BCUT2D eigenvalue weighted by molar-refractivity contribution is 7.85. The summed E-state index contributed by atoms with van der Waals surface area (Å²) >= 11 is 0. The minimum Gasteiger partial charge on any atom is -0.462 e. The van der Waals surface area contributed by atoms with E-state index in [4.69, 9.17) is 18.9 Å². The summed E-state index contributed by atoms with van der Waals surface area (Å²) in [5.41, 5.74) is 0. The molecule has 0 aromatic rings. The van der Waals surface area contributed by atoms with E-state index in [9.17, 15) is 37.9 Å². The Morgan fingerprint density at radius 2 is 1.16 bits per heavy atom. The van der Waals surface area contributed by atoms with Crippen molar-refractivity contribution >= 4 is 22.1 Å². The Labute approximate surface area is 330 Å². The van der Waals surface area contributed by atoms with E-state index in [1.807, 2.05) is 36.5 Å². The Balaban J connectivity index is 2.52. The zero-order valence-electron chi connectivity index (χ0n) is 33.3. The van der Waals surface area contributed by atoms with Gasteiger partial charge in [-0.1, -0.05) is 126 Å². The normalized spacial score (nSPS) is 21.5. The van der Waals surface area contributed by atoms with Gasteiger partial charge in [0.2, 0.25) is 0 Å². The summed E-state index contributed by atoms with van der Waals surface area (Å²) in [4.78, 5) is 25.3. The number of esters is 2. The van der Waals surface area contributed by atoms with E-state index in [1.54, 1.807) is 0 Å². The Hall–Kier alpha value is -2.65. The fraction of sp³-hybridized carbons (Fsp3) is 0.714. The van der Waals surface area contributed by atoms with Gasteiger partial charge in [-0.15, -0.1) is 0 Å². The van der Waals surface area contributed by atoms with Gasteiger partial charge in [0.25, 0.3) is 10.1 Å². The molecule has 1 fully saturated rings. The first kappa shape index (κ1) is 50.4. The number of aliphatic hydroxyl groups is 3. The molecule has 1 aliphatic rings. The second-order valence-electron chi connectivity index (χ2n) is 14.0. The molecule has 0 bridgehead atoms. The summed E-state index contributed by atoms with van der Waals surface area (Å²) < 4.78 is 53.9. The highest BCUT2D eigenvalue weighted by Gasteiger charge is 2.46. The third kappa shape index (κ3) is 27.6. The maximum atomic E-state index is 12.7. The number of aliphatic hydroxyl groups excluding tert-OH is 3. The topological polar surface area (TPSA) is 186 Å².